The summed E-state index contributed by atoms with van der Waals surface area (Å²) in [6.07, 6.45) is 0.953. The monoisotopic (exact) mass is 306 g/mol. The molecule has 0 spiro atoms. The van der Waals surface area contributed by atoms with Crippen molar-refractivity contribution < 1.29 is 4.74 Å². The van der Waals surface area contributed by atoms with Gasteiger partial charge >= 0.3 is 0 Å². The highest BCUT2D eigenvalue weighted by Crippen LogP contribution is 2.09. The maximum Gasteiger partial charge on any atom is 0.191 e. The van der Waals surface area contributed by atoms with Crippen molar-refractivity contribution in [1.29, 1.82) is 0 Å². The van der Waals surface area contributed by atoms with Gasteiger partial charge in [0.2, 0.25) is 0 Å². The molecule has 5 nitrogen and oxygen atoms in total. The van der Waals surface area contributed by atoms with Gasteiger partial charge in [-0.25, -0.2) is 0 Å². The lowest BCUT2D eigenvalue weighted by atomic mass is 10.3. The largest absolute Gasteiger partial charge is 0.382 e. The number of anilines is 1. The van der Waals surface area contributed by atoms with Crippen LogP contribution in [0, 0.1) is 0 Å². The van der Waals surface area contributed by atoms with E-state index in [1.807, 2.05) is 13.0 Å². The van der Waals surface area contributed by atoms with Crippen molar-refractivity contribution >= 4 is 11.6 Å². The fourth-order valence-corrected chi connectivity index (χ4v) is 2.00. The van der Waals surface area contributed by atoms with E-state index in [0.29, 0.717) is 0 Å². The van der Waals surface area contributed by atoms with E-state index >= 15 is 0 Å². The predicted molar refractivity (Wildman–Crippen MR) is 94.8 cm³/mol. The first-order valence-corrected chi connectivity index (χ1v) is 8.14. The Morgan fingerprint density at radius 1 is 1.18 bits per heavy atom. The molecule has 2 N–H and O–H groups in total. The number of para-hydroxylation sites is 1. The van der Waals surface area contributed by atoms with Gasteiger partial charge in [-0.15, -0.1) is 0 Å². The molecule has 0 unspecified atom stereocenters. The summed E-state index contributed by atoms with van der Waals surface area (Å²) in [6.45, 7) is 9.06. The molecule has 5 heteroatoms. The van der Waals surface area contributed by atoms with Crippen LogP contribution in [0.25, 0.3) is 0 Å². The van der Waals surface area contributed by atoms with E-state index in [0.717, 1.165) is 51.8 Å². The lowest BCUT2D eigenvalue weighted by Crippen LogP contribution is -2.41. The number of hydrogen-bond acceptors (Lipinski definition) is 3. The van der Waals surface area contributed by atoms with E-state index in [1.165, 1.54) is 5.69 Å². The molecule has 0 heterocycles. The molecule has 124 valence electrons. The molecule has 0 fully saturated rings. The topological polar surface area (TPSA) is 48.9 Å². The summed E-state index contributed by atoms with van der Waals surface area (Å²) in [5.41, 5.74) is 1.22. The average molecular weight is 306 g/mol. The molecule has 0 saturated heterocycles. The fourth-order valence-electron chi connectivity index (χ4n) is 2.00. The number of nitrogens with zero attached hydrogens (tertiary/aromatic N) is 2. The Morgan fingerprint density at radius 2 is 1.95 bits per heavy atom. The Labute approximate surface area is 134 Å². The Bertz CT molecular complexity index is 408. The molecule has 0 amide bonds. The Kier molecular flexibility index (Phi) is 9.87. The Hall–Kier alpha value is -1.75. The highest BCUT2D eigenvalue weighted by molar-refractivity contribution is 5.79. The summed E-state index contributed by atoms with van der Waals surface area (Å²) >= 11 is 0. The quantitative estimate of drug-likeness (QED) is 0.395. The zero-order chi connectivity index (χ0) is 16.0. The fraction of sp³-hybridized carbons (Fsp3) is 0.588. The normalized spacial score (nSPS) is 11.3. The van der Waals surface area contributed by atoms with Crippen LogP contribution < -0.4 is 15.5 Å². The van der Waals surface area contributed by atoms with Gasteiger partial charge in [0, 0.05) is 52.1 Å². The number of likely N-dealkylation sites (N-methyl/N-ethyl adjacent to an activating group) is 1. The van der Waals surface area contributed by atoms with E-state index < -0.39 is 0 Å². The van der Waals surface area contributed by atoms with Crippen LogP contribution in [-0.2, 0) is 4.74 Å². The lowest BCUT2D eigenvalue weighted by molar-refractivity contribution is 0.146. The van der Waals surface area contributed by atoms with Gasteiger partial charge in [-0.2, -0.15) is 0 Å². The maximum atomic E-state index is 5.32. The van der Waals surface area contributed by atoms with E-state index in [1.54, 1.807) is 0 Å². The maximum absolute atomic E-state index is 5.32. The molecule has 1 aromatic rings. The molecule has 0 saturated carbocycles. The molecule has 0 aliphatic heterocycles. The van der Waals surface area contributed by atoms with Gasteiger partial charge in [-0.1, -0.05) is 18.2 Å². The number of guanidine groups is 1. The van der Waals surface area contributed by atoms with Crippen molar-refractivity contribution in [3.63, 3.8) is 0 Å². The zero-order valence-electron chi connectivity index (χ0n) is 14.1. The second-order valence-corrected chi connectivity index (χ2v) is 5.00. The van der Waals surface area contributed by atoms with Gasteiger partial charge in [-0.3, -0.25) is 4.99 Å². The number of hydrogen-bond donors (Lipinski definition) is 2. The highest BCUT2D eigenvalue weighted by Gasteiger charge is 2.01. The minimum atomic E-state index is 0.772. The van der Waals surface area contributed by atoms with Crippen LogP contribution in [0.1, 0.15) is 20.3 Å². The summed E-state index contributed by atoms with van der Waals surface area (Å²) < 4.78 is 5.32. The molecular formula is C17H30N4O. The van der Waals surface area contributed by atoms with Crippen molar-refractivity contribution in [3.8, 4) is 0 Å². The molecule has 0 atom stereocenters. The van der Waals surface area contributed by atoms with Crippen molar-refractivity contribution in [2.75, 3.05) is 51.3 Å². The third kappa shape index (κ3) is 7.88. The van der Waals surface area contributed by atoms with Crippen LogP contribution in [0.15, 0.2) is 35.3 Å². The van der Waals surface area contributed by atoms with Gasteiger partial charge in [0.15, 0.2) is 5.96 Å². The summed E-state index contributed by atoms with van der Waals surface area (Å²) in [5.74, 6) is 0.875. The Balaban J connectivity index is 2.29. The van der Waals surface area contributed by atoms with E-state index in [2.05, 4.69) is 58.8 Å². The molecule has 0 aliphatic carbocycles. The van der Waals surface area contributed by atoms with Crippen LogP contribution in [0.5, 0.6) is 0 Å². The first kappa shape index (κ1) is 18.3. The molecule has 1 aromatic carbocycles. The molecule has 1 rings (SSSR count). The molecule has 0 bridgehead atoms. The number of rotatable bonds is 10. The minimum Gasteiger partial charge on any atom is -0.382 e. The van der Waals surface area contributed by atoms with E-state index in [-0.39, 0.29) is 0 Å². The first-order chi connectivity index (χ1) is 10.8. The van der Waals surface area contributed by atoms with Crippen LogP contribution in [0.2, 0.25) is 0 Å². The minimum absolute atomic E-state index is 0.772. The Morgan fingerprint density at radius 3 is 2.64 bits per heavy atom. The summed E-state index contributed by atoms with van der Waals surface area (Å²) in [6, 6.07) is 10.4. The number of benzene rings is 1. The molecular weight excluding hydrogens is 276 g/mol. The second-order valence-electron chi connectivity index (χ2n) is 5.00. The summed E-state index contributed by atoms with van der Waals surface area (Å²) in [5, 5.41) is 6.64. The highest BCUT2D eigenvalue weighted by atomic mass is 16.5. The summed E-state index contributed by atoms with van der Waals surface area (Å²) in [7, 11) is 2.10. The van der Waals surface area contributed by atoms with Crippen LogP contribution in [-0.4, -0.2) is 52.4 Å². The van der Waals surface area contributed by atoms with Crippen molar-refractivity contribution in [3.05, 3.63) is 30.3 Å². The lowest BCUT2D eigenvalue weighted by Gasteiger charge is -2.20. The molecule has 0 aliphatic rings. The van der Waals surface area contributed by atoms with Crippen LogP contribution >= 0.6 is 0 Å². The number of ether oxygens (including phenoxy) is 1. The standard InChI is InChI=1S/C17H30N4O/c1-4-18-17(19-12-9-15-22-5-2)20-13-14-21(3)16-10-7-6-8-11-16/h6-8,10-11H,4-5,9,12-15H2,1-3H3,(H2,18,19,20). The molecule has 22 heavy (non-hydrogen) atoms. The van der Waals surface area contributed by atoms with Crippen molar-refractivity contribution in [2.24, 2.45) is 4.99 Å². The molecule has 0 radical (unpaired) electrons. The van der Waals surface area contributed by atoms with Crippen molar-refractivity contribution in [1.82, 2.24) is 10.6 Å². The van der Waals surface area contributed by atoms with Crippen LogP contribution in [0.4, 0.5) is 5.69 Å². The van der Waals surface area contributed by atoms with Crippen molar-refractivity contribution in [2.45, 2.75) is 20.3 Å². The van der Waals surface area contributed by atoms with Gasteiger partial charge in [-0.05, 0) is 32.4 Å². The van der Waals surface area contributed by atoms with Gasteiger partial charge in [0.1, 0.15) is 0 Å². The first-order valence-electron chi connectivity index (χ1n) is 8.14. The zero-order valence-corrected chi connectivity index (χ0v) is 14.1. The number of aliphatic imine (C=N–C) groups is 1. The van der Waals surface area contributed by atoms with Crippen LogP contribution in [0.3, 0.4) is 0 Å². The average Bonchev–Trinajstić information content (AvgIpc) is 2.55. The van der Waals surface area contributed by atoms with Gasteiger partial charge in [0.25, 0.3) is 0 Å². The third-order valence-electron chi connectivity index (χ3n) is 3.20. The van der Waals surface area contributed by atoms with E-state index in [4.69, 9.17) is 4.74 Å². The smallest absolute Gasteiger partial charge is 0.191 e. The summed E-state index contributed by atoms with van der Waals surface area (Å²) in [4.78, 5) is 6.78. The number of nitrogens with one attached hydrogen (secondary N) is 2. The van der Waals surface area contributed by atoms with Gasteiger partial charge < -0.3 is 20.3 Å². The van der Waals surface area contributed by atoms with E-state index in [9.17, 15) is 0 Å². The third-order valence-corrected chi connectivity index (χ3v) is 3.20. The predicted octanol–water partition coefficient (Wildman–Crippen LogP) is 2.10. The SMILES string of the molecule is CCNC(=NCCCOCC)NCCN(C)c1ccccc1. The molecule has 0 aromatic heterocycles. The second kappa shape index (κ2) is 11.9. The van der Waals surface area contributed by atoms with Gasteiger partial charge in [0.05, 0.1) is 0 Å².